The Labute approximate surface area is 113 Å². The Morgan fingerprint density at radius 1 is 1.29 bits per heavy atom. The van der Waals surface area contributed by atoms with Crippen LogP contribution in [0.15, 0.2) is 47.2 Å². The Morgan fingerprint density at radius 2 is 2.06 bits per heavy atom. The molecule has 0 unspecified atom stereocenters. The Kier molecular flexibility index (Phi) is 3.71. The molecule has 0 saturated carbocycles. The Balaban J connectivity index is 2.33. The van der Waals surface area contributed by atoms with Crippen LogP contribution in [0.2, 0.25) is 0 Å². The quantitative estimate of drug-likeness (QED) is 0.855. The van der Waals surface area contributed by atoms with E-state index in [4.69, 9.17) is 18.0 Å². The van der Waals surface area contributed by atoms with E-state index in [0.717, 1.165) is 21.4 Å². The van der Waals surface area contributed by atoms with Crippen LogP contribution in [0.25, 0.3) is 0 Å². The smallest absolute Gasteiger partial charge is 0.106 e. The number of nitrogens with zero attached hydrogens (tertiary/aromatic N) is 1. The van der Waals surface area contributed by atoms with Gasteiger partial charge in [-0.2, -0.15) is 0 Å². The van der Waals surface area contributed by atoms with Crippen molar-refractivity contribution >= 4 is 44.5 Å². The molecule has 0 bridgehead atoms. The van der Waals surface area contributed by atoms with Gasteiger partial charge in [-0.15, -0.1) is 0 Å². The monoisotopic (exact) mass is 307 g/mol. The molecule has 86 valence electrons. The fraction of sp³-hybridized carbons (Fsp3) is 0. The second-order valence-electron chi connectivity index (χ2n) is 3.43. The van der Waals surface area contributed by atoms with Crippen molar-refractivity contribution in [2.24, 2.45) is 5.73 Å². The maximum Gasteiger partial charge on any atom is 0.106 e. The molecule has 1 aromatic heterocycles. The fourth-order valence-corrected chi connectivity index (χ4v) is 1.99. The summed E-state index contributed by atoms with van der Waals surface area (Å²) in [7, 11) is 0. The summed E-state index contributed by atoms with van der Waals surface area (Å²) >= 11 is 8.37. The molecule has 0 fully saturated rings. The van der Waals surface area contributed by atoms with E-state index in [-0.39, 0.29) is 0 Å². The van der Waals surface area contributed by atoms with E-state index in [1.165, 1.54) is 0 Å². The van der Waals surface area contributed by atoms with Gasteiger partial charge in [0.25, 0.3) is 0 Å². The molecular weight excluding hydrogens is 298 g/mol. The Hall–Kier alpha value is -1.46. The minimum absolute atomic E-state index is 0.371. The second-order valence-corrected chi connectivity index (χ2v) is 4.78. The molecule has 0 amide bonds. The van der Waals surface area contributed by atoms with Crippen molar-refractivity contribution in [2.75, 3.05) is 5.32 Å². The first kappa shape index (κ1) is 12.0. The number of pyridine rings is 1. The molecule has 0 saturated heterocycles. The number of nitrogens with two attached hydrogens (primary N) is 1. The van der Waals surface area contributed by atoms with Crippen molar-refractivity contribution in [2.45, 2.75) is 0 Å². The number of halogens is 1. The topological polar surface area (TPSA) is 50.9 Å². The van der Waals surface area contributed by atoms with Gasteiger partial charge in [-0.05, 0) is 34.1 Å². The van der Waals surface area contributed by atoms with E-state index in [9.17, 15) is 0 Å². The standard InChI is InChI=1S/C12H10BrN3S/c13-8-5-9(7-15-6-8)16-11-4-2-1-3-10(11)12(14)17/h1-7,16H,(H2,14,17). The minimum Gasteiger partial charge on any atom is -0.389 e. The predicted octanol–water partition coefficient (Wildman–Crippen LogP) is 3.22. The van der Waals surface area contributed by atoms with Crippen LogP contribution in [0.4, 0.5) is 11.4 Å². The summed E-state index contributed by atoms with van der Waals surface area (Å²) in [5, 5.41) is 3.23. The van der Waals surface area contributed by atoms with E-state index >= 15 is 0 Å². The minimum atomic E-state index is 0.371. The lowest BCUT2D eigenvalue weighted by atomic mass is 10.1. The molecule has 1 aromatic carbocycles. The van der Waals surface area contributed by atoms with Gasteiger partial charge in [-0.1, -0.05) is 24.4 Å². The Morgan fingerprint density at radius 3 is 2.76 bits per heavy atom. The van der Waals surface area contributed by atoms with Crippen molar-refractivity contribution in [1.29, 1.82) is 0 Å². The van der Waals surface area contributed by atoms with Gasteiger partial charge in [0, 0.05) is 21.9 Å². The highest BCUT2D eigenvalue weighted by Crippen LogP contribution is 2.22. The van der Waals surface area contributed by atoms with E-state index in [2.05, 4.69) is 26.2 Å². The third-order valence-electron chi connectivity index (χ3n) is 2.18. The van der Waals surface area contributed by atoms with E-state index in [1.54, 1.807) is 12.4 Å². The number of hydrogen-bond donors (Lipinski definition) is 2. The van der Waals surface area contributed by atoms with Crippen molar-refractivity contribution in [3.63, 3.8) is 0 Å². The number of benzene rings is 1. The average molecular weight is 308 g/mol. The van der Waals surface area contributed by atoms with Gasteiger partial charge in [0.1, 0.15) is 4.99 Å². The van der Waals surface area contributed by atoms with Gasteiger partial charge in [-0.3, -0.25) is 4.98 Å². The summed E-state index contributed by atoms with van der Waals surface area (Å²) in [4.78, 5) is 4.45. The van der Waals surface area contributed by atoms with E-state index < -0.39 is 0 Å². The summed E-state index contributed by atoms with van der Waals surface area (Å²) in [5.41, 5.74) is 8.24. The second kappa shape index (κ2) is 5.25. The third-order valence-corrected chi connectivity index (χ3v) is 2.83. The van der Waals surface area contributed by atoms with E-state index in [1.807, 2.05) is 30.3 Å². The van der Waals surface area contributed by atoms with Gasteiger partial charge in [-0.25, -0.2) is 0 Å². The first-order valence-corrected chi connectivity index (χ1v) is 6.13. The number of hydrogen-bond acceptors (Lipinski definition) is 3. The molecule has 0 aliphatic carbocycles. The lowest BCUT2D eigenvalue weighted by Gasteiger charge is -2.10. The molecule has 0 radical (unpaired) electrons. The highest BCUT2D eigenvalue weighted by atomic mass is 79.9. The summed E-state index contributed by atoms with van der Waals surface area (Å²) in [6.45, 7) is 0. The third kappa shape index (κ3) is 3.01. The van der Waals surface area contributed by atoms with Crippen LogP contribution in [0.3, 0.4) is 0 Å². The predicted molar refractivity (Wildman–Crippen MR) is 77.5 cm³/mol. The number of aromatic nitrogens is 1. The SMILES string of the molecule is NC(=S)c1ccccc1Nc1cncc(Br)c1. The summed E-state index contributed by atoms with van der Waals surface area (Å²) in [6, 6.07) is 9.57. The summed E-state index contributed by atoms with van der Waals surface area (Å²) in [6.07, 6.45) is 3.46. The van der Waals surface area contributed by atoms with Crippen LogP contribution < -0.4 is 11.1 Å². The molecule has 0 atom stereocenters. The number of para-hydroxylation sites is 1. The number of anilines is 2. The highest BCUT2D eigenvalue weighted by molar-refractivity contribution is 9.10. The summed E-state index contributed by atoms with van der Waals surface area (Å²) in [5.74, 6) is 0. The molecule has 17 heavy (non-hydrogen) atoms. The van der Waals surface area contributed by atoms with Crippen LogP contribution in [-0.2, 0) is 0 Å². The molecule has 0 spiro atoms. The first-order valence-electron chi connectivity index (χ1n) is 4.93. The lowest BCUT2D eigenvalue weighted by molar-refractivity contribution is 1.30. The maximum atomic E-state index is 5.66. The van der Waals surface area contributed by atoms with Gasteiger partial charge in [0.05, 0.1) is 11.9 Å². The molecule has 0 aliphatic rings. The van der Waals surface area contributed by atoms with Gasteiger partial charge in [0.15, 0.2) is 0 Å². The number of thiocarbonyl (C=S) groups is 1. The zero-order valence-corrected chi connectivity index (χ0v) is 11.3. The highest BCUT2D eigenvalue weighted by Gasteiger charge is 2.04. The molecule has 5 heteroatoms. The summed E-state index contributed by atoms with van der Waals surface area (Å²) < 4.78 is 0.912. The Bertz CT molecular complexity index is 557. The van der Waals surface area contributed by atoms with E-state index in [0.29, 0.717) is 4.99 Å². The van der Waals surface area contributed by atoms with Crippen molar-refractivity contribution in [1.82, 2.24) is 4.98 Å². The zero-order chi connectivity index (χ0) is 12.3. The molecule has 3 N–H and O–H groups in total. The van der Waals surface area contributed by atoms with Crippen LogP contribution in [0.5, 0.6) is 0 Å². The number of rotatable bonds is 3. The maximum absolute atomic E-state index is 5.66. The molecule has 2 rings (SSSR count). The van der Waals surface area contributed by atoms with Gasteiger partial charge in [0.2, 0.25) is 0 Å². The molecular formula is C12H10BrN3S. The van der Waals surface area contributed by atoms with Crippen molar-refractivity contribution in [3.8, 4) is 0 Å². The zero-order valence-electron chi connectivity index (χ0n) is 8.85. The van der Waals surface area contributed by atoms with Crippen LogP contribution >= 0.6 is 28.1 Å². The molecule has 3 nitrogen and oxygen atoms in total. The van der Waals surface area contributed by atoms with Crippen molar-refractivity contribution < 1.29 is 0 Å². The molecule has 0 aliphatic heterocycles. The van der Waals surface area contributed by atoms with Crippen molar-refractivity contribution in [3.05, 3.63) is 52.8 Å². The number of nitrogens with one attached hydrogen (secondary N) is 1. The molecule has 1 heterocycles. The first-order chi connectivity index (χ1) is 8.16. The van der Waals surface area contributed by atoms with Crippen LogP contribution in [0.1, 0.15) is 5.56 Å². The average Bonchev–Trinajstić information content (AvgIpc) is 2.29. The lowest BCUT2D eigenvalue weighted by Crippen LogP contribution is -2.11. The largest absolute Gasteiger partial charge is 0.389 e. The normalized spacial score (nSPS) is 9.94. The van der Waals surface area contributed by atoms with Gasteiger partial charge < -0.3 is 11.1 Å². The van der Waals surface area contributed by atoms with Gasteiger partial charge >= 0.3 is 0 Å². The fourth-order valence-electron chi connectivity index (χ4n) is 1.44. The van der Waals surface area contributed by atoms with Crippen LogP contribution in [-0.4, -0.2) is 9.97 Å². The van der Waals surface area contributed by atoms with Crippen LogP contribution in [0, 0.1) is 0 Å². The molecule has 2 aromatic rings.